The highest BCUT2D eigenvalue weighted by molar-refractivity contribution is 5.67. The van der Waals surface area contributed by atoms with Crippen LogP contribution in [0.5, 0.6) is 11.5 Å². The zero-order chi connectivity index (χ0) is 18.5. The van der Waals surface area contributed by atoms with Gasteiger partial charge in [-0.2, -0.15) is 0 Å². The van der Waals surface area contributed by atoms with Crippen molar-refractivity contribution in [2.24, 2.45) is 0 Å². The summed E-state index contributed by atoms with van der Waals surface area (Å²) >= 11 is 0. The summed E-state index contributed by atoms with van der Waals surface area (Å²) in [5.74, 6) is 0.803. The van der Waals surface area contributed by atoms with Crippen LogP contribution in [0, 0.1) is 0 Å². The van der Waals surface area contributed by atoms with E-state index in [1.807, 2.05) is 43.3 Å². The smallest absolute Gasteiger partial charge is 0.306 e. The Bertz CT molecular complexity index is 753. The van der Waals surface area contributed by atoms with Crippen LogP contribution in [0.4, 0.5) is 0 Å². The highest BCUT2D eigenvalue weighted by Crippen LogP contribution is 2.39. The van der Waals surface area contributed by atoms with Crippen molar-refractivity contribution in [3.05, 3.63) is 59.2 Å². The van der Waals surface area contributed by atoms with Crippen LogP contribution in [-0.2, 0) is 16.0 Å². The zero-order valence-electron chi connectivity index (χ0n) is 15.1. The molecule has 1 aliphatic rings. The molecule has 2 aromatic rings. The maximum Gasteiger partial charge on any atom is 0.306 e. The molecular formula is C21H24O5. The van der Waals surface area contributed by atoms with Gasteiger partial charge in [-0.05, 0) is 49.1 Å². The first-order chi connectivity index (χ1) is 12.6. The van der Waals surface area contributed by atoms with Gasteiger partial charge in [0.15, 0.2) is 0 Å². The largest absolute Gasteiger partial charge is 0.496 e. The number of methoxy groups -OCH3 is 1. The van der Waals surface area contributed by atoms with E-state index in [2.05, 4.69) is 6.07 Å². The van der Waals surface area contributed by atoms with Gasteiger partial charge >= 0.3 is 5.97 Å². The van der Waals surface area contributed by atoms with E-state index in [1.165, 1.54) is 11.1 Å². The molecule has 0 aromatic heterocycles. The number of hydrogen-bond acceptors (Lipinski definition) is 4. The fraction of sp³-hybridized carbons (Fsp3) is 0.381. The highest BCUT2D eigenvalue weighted by Gasteiger charge is 2.26. The van der Waals surface area contributed by atoms with Crippen LogP contribution in [0.15, 0.2) is 42.5 Å². The Morgan fingerprint density at radius 3 is 2.65 bits per heavy atom. The molecule has 2 aromatic carbocycles. The summed E-state index contributed by atoms with van der Waals surface area (Å²) in [7, 11) is 1.69. The molecule has 1 aliphatic carbocycles. The van der Waals surface area contributed by atoms with Crippen LogP contribution in [0.1, 0.15) is 48.7 Å². The third-order valence-corrected chi connectivity index (χ3v) is 4.65. The van der Waals surface area contributed by atoms with E-state index in [4.69, 9.17) is 19.3 Å². The summed E-state index contributed by atoms with van der Waals surface area (Å²) in [6.07, 6.45) is 1.37. The number of fused-ring (bicyclic) bond motifs is 1. The van der Waals surface area contributed by atoms with E-state index < -0.39 is 12.1 Å². The Morgan fingerprint density at radius 2 is 2.00 bits per heavy atom. The molecule has 0 amide bonds. The van der Waals surface area contributed by atoms with Crippen LogP contribution >= 0.6 is 0 Å². The molecule has 0 heterocycles. The molecule has 26 heavy (non-hydrogen) atoms. The molecule has 2 atom stereocenters. The summed E-state index contributed by atoms with van der Waals surface area (Å²) in [4.78, 5) is 11.0. The summed E-state index contributed by atoms with van der Waals surface area (Å²) in [5.41, 5.74) is 3.23. The van der Waals surface area contributed by atoms with Gasteiger partial charge in [0.05, 0.1) is 19.6 Å². The third-order valence-electron chi connectivity index (χ3n) is 4.65. The first-order valence-electron chi connectivity index (χ1n) is 8.88. The van der Waals surface area contributed by atoms with E-state index in [0.29, 0.717) is 6.61 Å². The van der Waals surface area contributed by atoms with E-state index in [9.17, 15) is 4.79 Å². The number of rotatable bonds is 8. The van der Waals surface area contributed by atoms with Crippen molar-refractivity contribution in [2.75, 3.05) is 13.7 Å². The maximum absolute atomic E-state index is 11.0. The molecule has 0 aliphatic heterocycles. The van der Waals surface area contributed by atoms with Crippen LogP contribution in [0.3, 0.4) is 0 Å². The van der Waals surface area contributed by atoms with E-state index >= 15 is 0 Å². The normalized spacial score (nSPS) is 16.8. The Balaban J connectivity index is 1.72. The summed E-state index contributed by atoms with van der Waals surface area (Å²) in [5, 5.41) is 9.04. The van der Waals surface area contributed by atoms with Crippen molar-refractivity contribution in [2.45, 2.75) is 38.4 Å². The summed E-state index contributed by atoms with van der Waals surface area (Å²) < 4.78 is 17.1. The molecule has 1 unspecified atom stereocenters. The van der Waals surface area contributed by atoms with Crippen molar-refractivity contribution in [1.82, 2.24) is 0 Å². The molecule has 3 rings (SSSR count). The monoisotopic (exact) mass is 356 g/mol. The number of aliphatic carboxylic acids is 1. The lowest BCUT2D eigenvalue weighted by atomic mass is 10.1. The Kier molecular flexibility index (Phi) is 5.78. The second-order valence-electron chi connectivity index (χ2n) is 6.28. The quantitative estimate of drug-likeness (QED) is 0.763. The number of carboxylic acids is 1. The molecule has 0 bridgehead atoms. The summed E-state index contributed by atoms with van der Waals surface area (Å²) in [6, 6.07) is 13.6. The summed E-state index contributed by atoms with van der Waals surface area (Å²) in [6.45, 7) is 2.33. The lowest BCUT2D eigenvalue weighted by Crippen LogP contribution is -2.10. The van der Waals surface area contributed by atoms with Gasteiger partial charge < -0.3 is 19.3 Å². The van der Waals surface area contributed by atoms with Crippen LogP contribution < -0.4 is 9.47 Å². The molecule has 1 N–H and O–H groups in total. The lowest BCUT2D eigenvalue weighted by molar-refractivity contribution is -0.140. The van der Waals surface area contributed by atoms with Crippen molar-refractivity contribution < 1.29 is 24.1 Å². The minimum atomic E-state index is -0.875. The van der Waals surface area contributed by atoms with E-state index in [1.54, 1.807) is 7.11 Å². The molecule has 0 saturated heterocycles. The Labute approximate surface area is 153 Å². The fourth-order valence-corrected chi connectivity index (χ4v) is 3.45. The first-order valence-corrected chi connectivity index (χ1v) is 8.88. The number of benzene rings is 2. The van der Waals surface area contributed by atoms with Crippen LogP contribution in [-0.4, -0.2) is 24.8 Å². The minimum Gasteiger partial charge on any atom is -0.496 e. The van der Waals surface area contributed by atoms with Crippen molar-refractivity contribution in [3.63, 3.8) is 0 Å². The van der Waals surface area contributed by atoms with Crippen molar-refractivity contribution in [1.29, 1.82) is 0 Å². The van der Waals surface area contributed by atoms with Gasteiger partial charge in [-0.25, -0.2) is 0 Å². The molecule has 138 valence electrons. The van der Waals surface area contributed by atoms with Gasteiger partial charge in [0.1, 0.15) is 17.6 Å². The predicted molar refractivity (Wildman–Crippen MR) is 97.7 cm³/mol. The van der Waals surface area contributed by atoms with Crippen LogP contribution in [0.25, 0.3) is 0 Å². The molecule has 5 heteroatoms. The van der Waals surface area contributed by atoms with Gasteiger partial charge in [0.2, 0.25) is 0 Å². The van der Waals surface area contributed by atoms with Crippen molar-refractivity contribution in [3.8, 4) is 11.5 Å². The van der Waals surface area contributed by atoms with E-state index in [0.717, 1.165) is 29.9 Å². The van der Waals surface area contributed by atoms with Crippen molar-refractivity contribution >= 4 is 5.97 Å². The lowest BCUT2D eigenvalue weighted by Gasteiger charge is -2.18. The average Bonchev–Trinajstić information content (AvgIpc) is 3.05. The van der Waals surface area contributed by atoms with Gasteiger partial charge in [0, 0.05) is 12.2 Å². The number of carboxylic acid groups (broad SMARTS) is 1. The van der Waals surface area contributed by atoms with Gasteiger partial charge in [0.25, 0.3) is 0 Å². The zero-order valence-corrected chi connectivity index (χ0v) is 15.1. The number of carbonyl (C=O) groups is 1. The molecular weight excluding hydrogens is 332 g/mol. The van der Waals surface area contributed by atoms with Gasteiger partial charge in [-0.15, -0.1) is 0 Å². The topological polar surface area (TPSA) is 65.0 Å². The van der Waals surface area contributed by atoms with E-state index in [-0.39, 0.29) is 12.5 Å². The molecule has 0 radical (unpaired) electrons. The average molecular weight is 356 g/mol. The fourth-order valence-electron chi connectivity index (χ4n) is 3.45. The minimum absolute atomic E-state index is 0.00709. The highest BCUT2D eigenvalue weighted by atomic mass is 16.5. The molecule has 5 nitrogen and oxygen atoms in total. The second-order valence-corrected chi connectivity index (χ2v) is 6.28. The standard InChI is InChI=1S/C21H24O5/c1-3-25-20(13-21(22)23)14-7-9-15(10-8-14)26-19-12-11-17-16(19)5-4-6-18(17)24-2/h4-10,19-20H,3,11-13H2,1-2H3,(H,22,23)/t19?,20-/m0/s1. The van der Waals surface area contributed by atoms with Gasteiger partial charge in [-0.1, -0.05) is 24.3 Å². The predicted octanol–water partition coefficient (Wildman–Crippen LogP) is 4.31. The Morgan fingerprint density at radius 1 is 1.23 bits per heavy atom. The number of ether oxygens (including phenoxy) is 3. The third kappa shape index (κ3) is 3.99. The molecule has 0 saturated carbocycles. The SMILES string of the molecule is CCO[C@@H](CC(=O)O)c1ccc(OC2CCc3c(OC)cccc32)cc1. The Hall–Kier alpha value is -2.53. The first kappa shape index (κ1) is 18.3. The second kappa shape index (κ2) is 8.23. The van der Waals surface area contributed by atoms with Gasteiger partial charge in [-0.3, -0.25) is 4.79 Å². The number of hydrogen-bond donors (Lipinski definition) is 1. The molecule has 0 spiro atoms. The maximum atomic E-state index is 11.0. The van der Waals surface area contributed by atoms with Crippen LogP contribution in [0.2, 0.25) is 0 Å². The molecule has 0 fully saturated rings.